The van der Waals surface area contributed by atoms with Gasteiger partial charge in [0.2, 0.25) is 5.91 Å². The van der Waals surface area contributed by atoms with Gasteiger partial charge in [0.25, 0.3) is 0 Å². The topological polar surface area (TPSA) is 55.1 Å². The molecular weight excluding hydrogens is 256 g/mol. The van der Waals surface area contributed by atoms with E-state index >= 15 is 0 Å². The SMILES string of the molecule is CC(N)CCC(=O)Nc1ccccc1-c1cccs1. The van der Waals surface area contributed by atoms with Crippen LogP contribution in [0.3, 0.4) is 0 Å². The molecule has 0 saturated heterocycles. The highest BCUT2D eigenvalue weighted by molar-refractivity contribution is 7.13. The number of carbonyl (C=O) groups is 1. The Labute approximate surface area is 117 Å². The number of hydrogen-bond donors (Lipinski definition) is 2. The first-order valence-electron chi connectivity index (χ1n) is 6.35. The number of rotatable bonds is 5. The molecule has 1 unspecified atom stereocenters. The van der Waals surface area contributed by atoms with Gasteiger partial charge in [0.1, 0.15) is 0 Å². The van der Waals surface area contributed by atoms with Crippen molar-refractivity contribution < 1.29 is 4.79 Å². The molecule has 1 amide bonds. The Morgan fingerprint density at radius 2 is 2.11 bits per heavy atom. The summed E-state index contributed by atoms with van der Waals surface area (Å²) in [6.07, 6.45) is 1.16. The molecule has 2 rings (SSSR count). The van der Waals surface area contributed by atoms with E-state index in [1.165, 1.54) is 0 Å². The molecular formula is C15H18N2OS. The largest absolute Gasteiger partial charge is 0.328 e. The predicted octanol–water partition coefficient (Wildman–Crippen LogP) is 3.48. The highest BCUT2D eigenvalue weighted by atomic mass is 32.1. The van der Waals surface area contributed by atoms with E-state index in [1.54, 1.807) is 11.3 Å². The van der Waals surface area contributed by atoms with Gasteiger partial charge in [-0.05, 0) is 30.9 Å². The number of para-hydroxylation sites is 1. The van der Waals surface area contributed by atoms with Crippen molar-refractivity contribution >= 4 is 22.9 Å². The monoisotopic (exact) mass is 274 g/mol. The summed E-state index contributed by atoms with van der Waals surface area (Å²) in [5.41, 5.74) is 7.59. The van der Waals surface area contributed by atoms with Crippen LogP contribution in [0.15, 0.2) is 41.8 Å². The van der Waals surface area contributed by atoms with E-state index in [4.69, 9.17) is 5.73 Å². The van der Waals surface area contributed by atoms with Crippen molar-refractivity contribution in [2.75, 3.05) is 5.32 Å². The molecule has 0 aliphatic heterocycles. The Morgan fingerprint density at radius 3 is 2.79 bits per heavy atom. The van der Waals surface area contributed by atoms with Crippen molar-refractivity contribution in [3.63, 3.8) is 0 Å². The number of thiophene rings is 1. The molecule has 0 spiro atoms. The molecule has 0 saturated carbocycles. The molecule has 3 nitrogen and oxygen atoms in total. The summed E-state index contributed by atoms with van der Waals surface area (Å²) in [5.74, 6) is 0.0151. The second kappa shape index (κ2) is 6.50. The van der Waals surface area contributed by atoms with Crippen molar-refractivity contribution in [2.24, 2.45) is 5.73 Å². The highest BCUT2D eigenvalue weighted by Crippen LogP contribution is 2.31. The lowest BCUT2D eigenvalue weighted by Gasteiger charge is -2.10. The molecule has 100 valence electrons. The van der Waals surface area contributed by atoms with Crippen LogP contribution < -0.4 is 11.1 Å². The van der Waals surface area contributed by atoms with Crippen LogP contribution in [0.5, 0.6) is 0 Å². The van der Waals surface area contributed by atoms with Crippen LogP contribution in [0.25, 0.3) is 10.4 Å². The van der Waals surface area contributed by atoms with Crippen LogP contribution in [0.1, 0.15) is 19.8 Å². The average molecular weight is 274 g/mol. The van der Waals surface area contributed by atoms with Crippen molar-refractivity contribution in [3.8, 4) is 10.4 Å². The van der Waals surface area contributed by atoms with Crippen molar-refractivity contribution in [3.05, 3.63) is 41.8 Å². The summed E-state index contributed by atoms with van der Waals surface area (Å²) in [6.45, 7) is 1.91. The van der Waals surface area contributed by atoms with Crippen molar-refractivity contribution in [1.82, 2.24) is 0 Å². The summed E-state index contributed by atoms with van der Waals surface area (Å²) >= 11 is 1.66. The van der Waals surface area contributed by atoms with Gasteiger partial charge in [0.05, 0.1) is 0 Å². The lowest BCUT2D eigenvalue weighted by Crippen LogP contribution is -2.19. The van der Waals surface area contributed by atoms with Gasteiger partial charge in [-0.25, -0.2) is 0 Å². The Kier molecular flexibility index (Phi) is 4.71. The zero-order valence-corrected chi connectivity index (χ0v) is 11.7. The van der Waals surface area contributed by atoms with Crippen LogP contribution in [-0.4, -0.2) is 11.9 Å². The van der Waals surface area contributed by atoms with Gasteiger partial charge in [-0.15, -0.1) is 11.3 Å². The maximum Gasteiger partial charge on any atom is 0.224 e. The Bertz CT molecular complexity index is 535. The second-order valence-corrected chi connectivity index (χ2v) is 5.53. The predicted molar refractivity (Wildman–Crippen MR) is 81.3 cm³/mol. The quantitative estimate of drug-likeness (QED) is 0.877. The molecule has 4 heteroatoms. The minimum absolute atomic E-state index is 0.0151. The molecule has 0 aliphatic rings. The van der Waals surface area contributed by atoms with Crippen LogP contribution in [0.2, 0.25) is 0 Å². The minimum atomic E-state index is 0.0151. The summed E-state index contributed by atoms with van der Waals surface area (Å²) in [7, 11) is 0. The first kappa shape index (κ1) is 13.8. The molecule has 0 aliphatic carbocycles. The molecule has 0 fully saturated rings. The van der Waals surface area contributed by atoms with Crippen molar-refractivity contribution in [1.29, 1.82) is 0 Å². The second-order valence-electron chi connectivity index (χ2n) is 4.59. The summed E-state index contributed by atoms with van der Waals surface area (Å²) in [6, 6.07) is 12.0. The number of carbonyl (C=O) groups excluding carboxylic acids is 1. The number of amides is 1. The van der Waals surface area contributed by atoms with Crippen LogP contribution in [-0.2, 0) is 4.79 Å². The van der Waals surface area contributed by atoms with Gasteiger partial charge in [-0.2, -0.15) is 0 Å². The summed E-state index contributed by atoms with van der Waals surface area (Å²) in [5, 5.41) is 5.00. The van der Waals surface area contributed by atoms with E-state index in [9.17, 15) is 4.79 Å². The first-order chi connectivity index (χ1) is 9.16. The molecule has 1 aromatic carbocycles. The van der Waals surface area contributed by atoms with E-state index in [0.717, 1.165) is 16.1 Å². The van der Waals surface area contributed by atoms with Gasteiger partial charge in [-0.3, -0.25) is 4.79 Å². The molecule has 19 heavy (non-hydrogen) atoms. The molecule has 3 N–H and O–H groups in total. The van der Waals surface area contributed by atoms with Crippen molar-refractivity contribution in [2.45, 2.75) is 25.8 Å². The minimum Gasteiger partial charge on any atom is -0.328 e. The van der Waals surface area contributed by atoms with Gasteiger partial charge in [-0.1, -0.05) is 24.3 Å². The molecule has 0 radical (unpaired) electrons. The molecule has 1 atom stereocenters. The molecule has 0 bridgehead atoms. The highest BCUT2D eigenvalue weighted by Gasteiger charge is 2.09. The lowest BCUT2D eigenvalue weighted by molar-refractivity contribution is -0.116. The van der Waals surface area contributed by atoms with Crippen LogP contribution in [0.4, 0.5) is 5.69 Å². The fourth-order valence-corrected chi connectivity index (χ4v) is 2.58. The number of nitrogens with two attached hydrogens (primary N) is 1. The Hall–Kier alpha value is -1.65. The van der Waals surface area contributed by atoms with Crippen LogP contribution in [0, 0.1) is 0 Å². The third kappa shape index (κ3) is 3.91. The van der Waals surface area contributed by atoms with Gasteiger partial charge >= 0.3 is 0 Å². The third-order valence-corrected chi connectivity index (χ3v) is 3.72. The molecule has 1 aromatic heterocycles. The number of hydrogen-bond acceptors (Lipinski definition) is 3. The molecule has 2 aromatic rings. The van der Waals surface area contributed by atoms with Gasteiger partial charge in [0, 0.05) is 28.6 Å². The maximum absolute atomic E-state index is 11.9. The summed E-state index contributed by atoms with van der Waals surface area (Å²) < 4.78 is 0. The Balaban J connectivity index is 2.10. The van der Waals surface area contributed by atoms with E-state index in [2.05, 4.69) is 11.4 Å². The number of benzene rings is 1. The fourth-order valence-electron chi connectivity index (χ4n) is 1.81. The van der Waals surface area contributed by atoms with E-state index < -0.39 is 0 Å². The molecule has 1 heterocycles. The standard InChI is InChI=1S/C15H18N2OS/c1-11(16)8-9-15(18)17-13-6-3-2-5-12(13)14-7-4-10-19-14/h2-7,10-11H,8-9,16H2,1H3,(H,17,18). The zero-order chi connectivity index (χ0) is 13.7. The van der Waals surface area contributed by atoms with E-state index in [0.29, 0.717) is 12.8 Å². The fraction of sp³-hybridized carbons (Fsp3) is 0.267. The summed E-state index contributed by atoms with van der Waals surface area (Å²) in [4.78, 5) is 13.0. The third-order valence-electron chi connectivity index (χ3n) is 2.81. The normalized spacial score (nSPS) is 12.1. The van der Waals surface area contributed by atoms with Gasteiger partial charge in [0.15, 0.2) is 0 Å². The van der Waals surface area contributed by atoms with Gasteiger partial charge < -0.3 is 11.1 Å². The smallest absolute Gasteiger partial charge is 0.224 e. The first-order valence-corrected chi connectivity index (χ1v) is 7.23. The van der Waals surface area contributed by atoms with E-state index in [-0.39, 0.29) is 11.9 Å². The maximum atomic E-state index is 11.9. The number of anilines is 1. The van der Waals surface area contributed by atoms with Crippen LogP contribution >= 0.6 is 11.3 Å². The Morgan fingerprint density at radius 1 is 1.32 bits per heavy atom. The average Bonchev–Trinajstić information content (AvgIpc) is 2.91. The van der Waals surface area contributed by atoms with E-state index in [1.807, 2.05) is 42.6 Å². The number of nitrogens with one attached hydrogen (secondary N) is 1. The lowest BCUT2D eigenvalue weighted by atomic mass is 10.1. The zero-order valence-electron chi connectivity index (χ0n) is 10.9.